The van der Waals surface area contributed by atoms with Crippen LogP contribution >= 0.6 is 11.6 Å². The molecule has 0 aromatic heterocycles. The Morgan fingerprint density at radius 1 is 1.25 bits per heavy atom. The van der Waals surface area contributed by atoms with E-state index in [9.17, 15) is 4.79 Å². The first-order valence-corrected chi connectivity index (χ1v) is 7.50. The van der Waals surface area contributed by atoms with Crippen LogP contribution in [0.15, 0.2) is 24.3 Å². The van der Waals surface area contributed by atoms with Crippen molar-refractivity contribution in [3.8, 4) is 0 Å². The normalized spacial score (nSPS) is 21.8. The number of carbonyl (C=O) groups is 1. The highest BCUT2D eigenvalue weighted by Gasteiger charge is 2.48. The summed E-state index contributed by atoms with van der Waals surface area (Å²) in [6.07, 6.45) is 1.68. The van der Waals surface area contributed by atoms with Gasteiger partial charge in [0, 0.05) is 37.7 Å². The van der Waals surface area contributed by atoms with Crippen molar-refractivity contribution in [1.82, 2.24) is 9.80 Å². The van der Waals surface area contributed by atoms with Gasteiger partial charge in [-0.3, -0.25) is 9.69 Å². The molecule has 1 aromatic carbocycles. The third-order valence-corrected chi connectivity index (χ3v) is 4.40. The molecule has 20 heavy (non-hydrogen) atoms. The topological polar surface area (TPSA) is 49.6 Å². The SMILES string of the molecule is NC1(C(=O)N2CCN(Cc3cccc(Cl)c3)CC2)CC1. The van der Waals surface area contributed by atoms with Gasteiger partial charge in [0.05, 0.1) is 5.54 Å². The number of rotatable bonds is 3. The van der Waals surface area contributed by atoms with Gasteiger partial charge in [0.1, 0.15) is 0 Å². The third kappa shape index (κ3) is 2.97. The van der Waals surface area contributed by atoms with E-state index in [1.807, 2.05) is 23.1 Å². The molecule has 1 saturated carbocycles. The maximum absolute atomic E-state index is 12.2. The van der Waals surface area contributed by atoms with Crippen molar-refractivity contribution < 1.29 is 4.79 Å². The molecule has 1 amide bonds. The second kappa shape index (κ2) is 5.35. The molecule has 0 unspecified atom stereocenters. The van der Waals surface area contributed by atoms with Crippen molar-refractivity contribution in [2.45, 2.75) is 24.9 Å². The van der Waals surface area contributed by atoms with Gasteiger partial charge in [0.25, 0.3) is 0 Å². The highest BCUT2D eigenvalue weighted by Crippen LogP contribution is 2.34. The van der Waals surface area contributed by atoms with Gasteiger partial charge in [-0.2, -0.15) is 0 Å². The Kier molecular flexibility index (Phi) is 3.71. The third-order valence-electron chi connectivity index (χ3n) is 4.17. The Bertz CT molecular complexity index is 508. The van der Waals surface area contributed by atoms with Crippen molar-refractivity contribution >= 4 is 17.5 Å². The number of benzene rings is 1. The number of amides is 1. The molecule has 108 valence electrons. The lowest BCUT2D eigenvalue weighted by Gasteiger charge is -2.36. The van der Waals surface area contributed by atoms with Crippen LogP contribution in [-0.4, -0.2) is 47.4 Å². The standard InChI is InChI=1S/C15H20ClN3O/c16-13-3-1-2-12(10-13)11-18-6-8-19(9-7-18)14(20)15(17)4-5-15/h1-3,10H,4-9,11,17H2. The van der Waals surface area contributed by atoms with Crippen molar-refractivity contribution in [3.05, 3.63) is 34.9 Å². The summed E-state index contributed by atoms with van der Waals surface area (Å²) >= 11 is 6.00. The molecule has 1 aliphatic heterocycles. The Labute approximate surface area is 124 Å². The fraction of sp³-hybridized carbons (Fsp3) is 0.533. The molecule has 5 heteroatoms. The quantitative estimate of drug-likeness (QED) is 0.918. The minimum absolute atomic E-state index is 0.139. The minimum atomic E-state index is -0.533. The second-order valence-corrected chi connectivity index (χ2v) is 6.29. The second-order valence-electron chi connectivity index (χ2n) is 5.85. The van der Waals surface area contributed by atoms with E-state index in [0.29, 0.717) is 0 Å². The van der Waals surface area contributed by atoms with Crippen LogP contribution in [0, 0.1) is 0 Å². The Balaban J connectivity index is 1.52. The summed E-state index contributed by atoms with van der Waals surface area (Å²) < 4.78 is 0. The molecule has 0 bridgehead atoms. The molecule has 1 aromatic rings. The maximum Gasteiger partial charge on any atom is 0.242 e. The molecule has 2 N–H and O–H groups in total. The molecule has 4 nitrogen and oxygen atoms in total. The van der Waals surface area contributed by atoms with Crippen LogP contribution in [0.3, 0.4) is 0 Å². The first kappa shape index (κ1) is 13.9. The van der Waals surface area contributed by atoms with Crippen LogP contribution in [0.4, 0.5) is 0 Å². The van der Waals surface area contributed by atoms with E-state index in [2.05, 4.69) is 11.0 Å². The smallest absolute Gasteiger partial charge is 0.242 e. The number of carbonyl (C=O) groups excluding carboxylic acids is 1. The van der Waals surface area contributed by atoms with Gasteiger partial charge in [-0.05, 0) is 30.5 Å². The van der Waals surface area contributed by atoms with Gasteiger partial charge >= 0.3 is 0 Å². The lowest BCUT2D eigenvalue weighted by Crippen LogP contribution is -2.53. The van der Waals surface area contributed by atoms with Crippen molar-refractivity contribution in [3.63, 3.8) is 0 Å². The molecule has 3 rings (SSSR count). The van der Waals surface area contributed by atoms with Gasteiger partial charge in [-0.1, -0.05) is 23.7 Å². The highest BCUT2D eigenvalue weighted by atomic mass is 35.5. The maximum atomic E-state index is 12.2. The van der Waals surface area contributed by atoms with E-state index < -0.39 is 5.54 Å². The summed E-state index contributed by atoms with van der Waals surface area (Å²) in [5.41, 5.74) is 6.66. The predicted molar refractivity (Wildman–Crippen MR) is 79.5 cm³/mol. The lowest BCUT2D eigenvalue weighted by atomic mass is 10.1. The molecule has 1 heterocycles. The zero-order valence-corrected chi connectivity index (χ0v) is 12.3. The zero-order valence-electron chi connectivity index (χ0n) is 11.5. The van der Waals surface area contributed by atoms with Gasteiger partial charge in [-0.15, -0.1) is 0 Å². The largest absolute Gasteiger partial charge is 0.339 e. The lowest BCUT2D eigenvalue weighted by molar-refractivity contribution is -0.135. The molecular formula is C15H20ClN3O. The van der Waals surface area contributed by atoms with E-state index >= 15 is 0 Å². The number of hydrogen-bond acceptors (Lipinski definition) is 3. The highest BCUT2D eigenvalue weighted by molar-refractivity contribution is 6.30. The Morgan fingerprint density at radius 2 is 1.95 bits per heavy atom. The average Bonchev–Trinajstić information content (AvgIpc) is 3.18. The number of nitrogens with two attached hydrogens (primary N) is 1. The van der Waals surface area contributed by atoms with Crippen LogP contribution in [-0.2, 0) is 11.3 Å². The molecule has 0 spiro atoms. The van der Waals surface area contributed by atoms with Gasteiger partial charge < -0.3 is 10.6 Å². The van der Waals surface area contributed by atoms with E-state index in [4.69, 9.17) is 17.3 Å². The van der Waals surface area contributed by atoms with Crippen molar-refractivity contribution in [1.29, 1.82) is 0 Å². The monoisotopic (exact) mass is 293 g/mol. The molecule has 0 radical (unpaired) electrons. The molecule has 0 atom stereocenters. The molecular weight excluding hydrogens is 274 g/mol. The first-order chi connectivity index (χ1) is 9.57. The number of piperazine rings is 1. The van der Waals surface area contributed by atoms with Crippen LogP contribution in [0.2, 0.25) is 5.02 Å². The van der Waals surface area contributed by atoms with Crippen LogP contribution in [0.5, 0.6) is 0 Å². The molecule has 1 saturated heterocycles. The van der Waals surface area contributed by atoms with Crippen LogP contribution < -0.4 is 5.73 Å². The Hall–Kier alpha value is -1.10. The Morgan fingerprint density at radius 3 is 2.55 bits per heavy atom. The van der Waals surface area contributed by atoms with E-state index in [1.54, 1.807) is 0 Å². The average molecular weight is 294 g/mol. The minimum Gasteiger partial charge on any atom is -0.339 e. The number of nitrogens with zero attached hydrogens (tertiary/aromatic N) is 2. The molecule has 2 fully saturated rings. The predicted octanol–water partition coefficient (Wildman–Crippen LogP) is 1.48. The van der Waals surface area contributed by atoms with Crippen LogP contribution in [0.1, 0.15) is 18.4 Å². The summed E-state index contributed by atoms with van der Waals surface area (Å²) in [6.45, 7) is 4.23. The first-order valence-electron chi connectivity index (χ1n) is 7.12. The number of halogens is 1. The van der Waals surface area contributed by atoms with E-state index in [0.717, 1.165) is 50.6 Å². The summed E-state index contributed by atoms with van der Waals surface area (Å²) in [7, 11) is 0. The van der Waals surface area contributed by atoms with Crippen molar-refractivity contribution in [2.24, 2.45) is 5.73 Å². The summed E-state index contributed by atoms with van der Waals surface area (Å²) in [6, 6.07) is 7.95. The van der Waals surface area contributed by atoms with Gasteiger partial charge in [-0.25, -0.2) is 0 Å². The summed E-state index contributed by atoms with van der Waals surface area (Å²) in [5, 5.41) is 0.773. The summed E-state index contributed by atoms with van der Waals surface area (Å²) in [5.74, 6) is 0.139. The molecule has 1 aliphatic carbocycles. The zero-order chi connectivity index (χ0) is 14.2. The molecule has 2 aliphatic rings. The van der Waals surface area contributed by atoms with E-state index in [1.165, 1.54) is 5.56 Å². The van der Waals surface area contributed by atoms with Crippen LogP contribution in [0.25, 0.3) is 0 Å². The fourth-order valence-electron chi connectivity index (χ4n) is 2.67. The van der Waals surface area contributed by atoms with Gasteiger partial charge in [0.15, 0.2) is 0 Å². The number of hydrogen-bond donors (Lipinski definition) is 1. The van der Waals surface area contributed by atoms with Gasteiger partial charge in [0.2, 0.25) is 5.91 Å². The summed E-state index contributed by atoms with van der Waals surface area (Å²) in [4.78, 5) is 16.4. The van der Waals surface area contributed by atoms with E-state index in [-0.39, 0.29) is 5.91 Å². The fourth-order valence-corrected chi connectivity index (χ4v) is 2.88. The van der Waals surface area contributed by atoms with Crippen molar-refractivity contribution in [2.75, 3.05) is 26.2 Å².